The van der Waals surface area contributed by atoms with Gasteiger partial charge < -0.3 is 20.4 Å². The van der Waals surface area contributed by atoms with Crippen molar-refractivity contribution in [1.82, 2.24) is 5.32 Å². The van der Waals surface area contributed by atoms with Gasteiger partial charge in [0, 0.05) is 28.1 Å². The SMILES string of the molecule is CCN[C@H]1CC[C@H](C(=O)Nc2c(C(=O)Nc3ccc(Cl)cc3)oc3ccccc23)CC1. The van der Waals surface area contributed by atoms with Crippen molar-refractivity contribution in [2.24, 2.45) is 5.92 Å². The molecular formula is C24H26ClN3O3. The molecule has 0 spiro atoms. The molecule has 0 atom stereocenters. The van der Waals surface area contributed by atoms with Gasteiger partial charge in [-0.3, -0.25) is 9.59 Å². The Balaban J connectivity index is 1.54. The first-order valence-electron chi connectivity index (χ1n) is 10.7. The summed E-state index contributed by atoms with van der Waals surface area (Å²) in [6.45, 7) is 3.04. The molecular weight excluding hydrogens is 414 g/mol. The van der Waals surface area contributed by atoms with Crippen LogP contribution in [0.3, 0.4) is 0 Å². The van der Waals surface area contributed by atoms with Crippen LogP contribution in [0.1, 0.15) is 43.2 Å². The minimum Gasteiger partial charge on any atom is -0.449 e. The third-order valence-electron chi connectivity index (χ3n) is 5.74. The maximum Gasteiger partial charge on any atom is 0.293 e. The molecule has 31 heavy (non-hydrogen) atoms. The molecule has 0 aliphatic heterocycles. The number of hydrogen-bond donors (Lipinski definition) is 3. The second kappa shape index (κ2) is 9.54. The molecule has 3 aromatic rings. The number of para-hydroxylation sites is 1. The molecule has 0 bridgehead atoms. The average Bonchev–Trinajstić information content (AvgIpc) is 3.15. The number of carbonyl (C=O) groups excluding carboxylic acids is 2. The summed E-state index contributed by atoms with van der Waals surface area (Å²) in [5.74, 6) is -0.478. The van der Waals surface area contributed by atoms with Gasteiger partial charge in [0.05, 0.1) is 0 Å². The molecule has 2 amide bonds. The van der Waals surface area contributed by atoms with Crippen molar-refractivity contribution in [1.29, 1.82) is 0 Å². The van der Waals surface area contributed by atoms with Crippen LogP contribution >= 0.6 is 11.6 Å². The highest BCUT2D eigenvalue weighted by molar-refractivity contribution is 6.30. The molecule has 0 unspecified atom stereocenters. The minimum atomic E-state index is -0.426. The first kappa shape index (κ1) is 21.4. The molecule has 1 saturated carbocycles. The monoisotopic (exact) mass is 439 g/mol. The van der Waals surface area contributed by atoms with E-state index < -0.39 is 5.91 Å². The predicted molar refractivity (Wildman–Crippen MR) is 124 cm³/mol. The lowest BCUT2D eigenvalue weighted by Crippen LogP contribution is -2.36. The van der Waals surface area contributed by atoms with E-state index in [-0.39, 0.29) is 17.6 Å². The lowest BCUT2D eigenvalue weighted by molar-refractivity contribution is -0.120. The zero-order valence-corrected chi connectivity index (χ0v) is 18.2. The van der Waals surface area contributed by atoms with E-state index in [1.807, 2.05) is 18.2 Å². The molecule has 0 radical (unpaired) electrons. The summed E-state index contributed by atoms with van der Waals surface area (Å²) < 4.78 is 5.83. The van der Waals surface area contributed by atoms with E-state index in [0.717, 1.165) is 32.2 Å². The highest BCUT2D eigenvalue weighted by Gasteiger charge is 2.29. The maximum absolute atomic E-state index is 13.0. The summed E-state index contributed by atoms with van der Waals surface area (Å²) in [7, 11) is 0. The highest BCUT2D eigenvalue weighted by Crippen LogP contribution is 2.33. The van der Waals surface area contributed by atoms with Crippen molar-refractivity contribution < 1.29 is 14.0 Å². The minimum absolute atomic E-state index is 0.0676. The number of carbonyl (C=O) groups is 2. The van der Waals surface area contributed by atoms with E-state index in [9.17, 15) is 9.59 Å². The molecule has 0 saturated heterocycles. The van der Waals surface area contributed by atoms with Gasteiger partial charge in [-0.05, 0) is 68.6 Å². The normalized spacial score (nSPS) is 18.6. The number of benzene rings is 2. The fraction of sp³-hybridized carbons (Fsp3) is 0.333. The van der Waals surface area contributed by atoms with Gasteiger partial charge in [0.15, 0.2) is 0 Å². The highest BCUT2D eigenvalue weighted by atomic mass is 35.5. The molecule has 2 aromatic carbocycles. The van der Waals surface area contributed by atoms with E-state index in [2.05, 4.69) is 22.9 Å². The second-order valence-corrected chi connectivity index (χ2v) is 8.30. The van der Waals surface area contributed by atoms with E-state index in [1.165, 1.54) is 0 Å². The number of rotatable bonds is 6. The van der Waals surface area contributed by atoms with Gasteiger partial charge in [0.1, 0.15) is 11.3 Å². The number of fused-ring (bicyclic) bond motifs is 1. The fourth-order valence-electron chi connectivity index (χ4n) is 4.12. The molecule has 1 fully saturated rings. The zero-order chi connectivity index (χ0) is 21.8. The van der Waals surface area contributed by atoms with Crippen LogP contribution < -0.4 is 16.0 Å². The lowest BCUT2D eigenvalue weighted by Gasteiger charge is -2.28. The topological polar surface area (TPSA) is 83.4 Å². The van der Waals surface area contributed by atoms with Crippen molar-refractivity contribution in [3.63, 3.8) is 0 Å². The molecule has 6 nitrogen and oxygen atoms in total. The van der Waals surface area contributed by atoms with Gasteiger partial charge in [-0.1, -0.05) is 30.7 Å². The molecule has 162 valence electrons. The van der Waals surface area contributed by atoms with E-state index in [4.69, 9.17) is 16.0 Å². The zero-order valence-electron chi connectivity index (χ0n) is 17.4. The van der Waals surface area contributed by atoms with Crippen molar-refractivity contribution in [2.75, 3.05) is 17.2 Å². The Bertz CT molecular complexity index is 1070. The van der Waals surface area contributed by atoms with Crippen LogP contribution in [0.5, 0.6) is 0 Å². The van der Waals surface area contributed by atoms with Gasteiger partial charge in [-0.2, -0.15) is 0 Å². The van der Waals surface area contributed by atoms with Crippen molar-refractivity contribution >= 4 is 45.8 Å². The Hall–Kier alpha value is -2.83. The molecule has 1 aromatic heterocycles. The molecule has 7 heteroatoms. The Kier molecular flexibility index (Phi) is 6.59. The number of amides is 2. The number of halogens is 1. The largest absolute Gasteiger partial charge is 0.449 e. The Morgan fingerprint density at radius 2 is 1.71 bits per heavy atom. The average molecular weight is 440 g/mol. The standard InChI is InChI=1S/C24H26ClN3O3/c1-2-26-17-11-7-15(8-12-17)23(29)28-21-19-5-3-4-6-20(19)31-22(21)24(30)27-18-13-9-16(25)10-14-18/h3-6,9-10,13-15,17,26H,2,7-8,11-12H2,1H3,(H,27,30)(H,28,29)/t15-,17-. The van der Waals surface area contributed by atoms with Crippen LogP contribution in [0.2, 0.25) is 5.02 Å². The summed E-state index contributed by atoms with van der Waals surface area (Å²) >= 11 is 5.92. The van der Waals surface area contributed by atoms with E-state index in [1.54, 1.807) is 30.3 Å². The summed E-state index contributed by atoms with van der Waals surface area (Å²) in [5, 5.41) is 10.5. The van der Waals surface area contributed by atoms with Gasteiger partial charge >= 0.3 is 0 Å². The van der Waals surface area contributed by atoms with Crippen LogP contribution in [0, 0.1) is 5.92 Å². The Morgan fingerprint density at radius 3 is 2.42 bits per heavy atom. The Labute approximate surface area is 186 Å². The van der Waals surface area contributed by atoms with Crippen LogP contribution in [0.4, 0.5) is 11.4 Å². The first-order valence-corrected chi connectivity index (χ1v) is 11.1. The van der Waals surface area contributed by atoms with Crippen molar-refractivity contribution in [3.05, 3.63) is 59.3 Å². The van der Waals surface area contributed by atoms with Gasteiger partial charge in [-0.15, -0.1) is 0 Å². The molecule has 1 heterocycles. The third-order valence-corrected chi connectivity index (χ3v) is 5.99. The predicted octanol–water partition coefficient (Wildman–Crippen LogP) is 5.45. The lowest BCUT2D eigenvalue weighted by atomic mass is 9.85. The molecule has 3 N–H and O–H groups in total. The summed E-state index contributed by atoms with van der Waals surface area (Å²) in [6, 6.07) is 14.6. The summed E-state index contributed by atoms with van der Waals surface area (Å²) in [6.07, 6.45) is 3.60. The van der Waals surface area contributed by atoms with Crippen LogP contribution in [0.25, 0.3) is 11.0 Å². The van der Waals surface area contributed by atoms with Gasteiger partial charge in [0.25, 0.3) is 5.91 Å². The second-order valence-electron chi connectivity index (χ2n) is 7.86. The van der Waals surface area contributed by atoms with Crippen LogP contribution in [-0.2, 0) is 4.79 Å². The van der Waals surface area contributed by atoms with Crippen LogP contribution in [-0.4, -0.2) is 24.4 Å². The number of anilines is 2. The first-order chi connectivity index (χ1) is 15.0. The number of hydrogen-bond acceptors (Lipinski definition) is 4. The quantitative estimate of drug-likeness (QED) is 0.477. The number of furan rings is 1. The van der Waals surface area contributed by atoms with E-state index >= 15 is 0 Å². The maximum atomic E-state index is 13.0. The number of nitrogens with one attached hydrogen (secondary N) is 3. The molecule has 1 aliphatic rings. The Morgan fingerprint density at radius 1 is 1.00 bits per heavy atom. The summed E-state index contributed by atoms with van der Waals surface area (Å²) in [4.78, 5) is 26.0. The molecule has 1 aliphatic carbocycles. The van der Waals surface area contributed by atoms with Crippen molar-refractivity contribution in [2.45, 2.75) is 38.6 Å². The van der Waals surface area contributed by atoms with Gasteiger partial charge in [0.2, 0.25) is 11.7 Å². The van der Waals surface area contributed by atoms with E-state index in [0.29, 0.717) is 33.4 Å². The summed E-state index contributed by atoms with van der Waals surface area (Å²) in [5.41, 5.74) is 1.56. The van der Waals surface area contributed by atoms with Gasteiger partial charge in [-0.25, -0.2) is 0 Å². The van der Waals surface area contributed by atoms with Crippen LogP contribution in [0.15, 0.2) is 52.9 Å². The fourth-order valence-corrected chi connectivity index (χ4v) is 4.25. The smallest absolute Gasteiger partial charge is 0.293 e. The van der Waals surface area contributed by atoms with Crippen molar-refractivity contribution in [3.8, 4) is 0 Å². The third kappa shape index (κ3) is 4.92. The molecule has 4 rings (SSSR count).